The second kappa shape index (κ2) is 9.80. The Hall–Kier alpha value is -2.52. The maximum atomic E-state index is 13.3. The highest BCUT2D eigenvalue weighted by atomic mass is 79.9. The first-order valence-corrected chi connectivity index (χ1v) is 10.6. The molecule has 0 saturated heterocycles. The van der Waals surface area contributed by atoms with Gasteiger partial charge in [0.05, 0.1) is 20.9 Å². The number of benzene rings is 1. The van der Waals surface area contributed by atoms with Crippen LogP contribution in [0.25, 0.3) is 11.3 Å². The van der Waals surface area contributed by atoms with Gasteiger partial charge in [-0.05, 0) is 59.1 Å². The Bertz CT molecular complexity index is 1000. The molecule has 0 bridgehead atoms. The summed E-state index contributed by atoms with van der Waals surface area (Å²) in [6.07, 6.45) is 1.44. The molecule has 152 valence electrons. The molecule has 3 rings (SSSR count). The van der Waals surface area contributed by atoms with Crippen molar-refractivity contribution in [2.24, 2.45) is 0 Å². The van der Waals surface area contributed by atoms with Gasteiger partial charge in [-0.25, -0.2) is 4.39 Å². The maximum Gasteiger partial charge on any atom is 0.261 e. The highest BCUT2D eigenvalue weighted by molar-refractivity contribution is 9.11. The van der Waals surface area contributed by atoms with Gasteiger partial charge in [-0.1, -0.05) is 12.1 Å². The number of amides is 2. The molecule has 0 saturated carbocycles. The van der Waals surface area contributed by atoms with Gasteiger partial charge in [0.15, 0.2) is 0 Å². The van der Waals surface area contributed by atoms with Crippen molar-refractivity contribution >= 4 is 39.1 Å². The number of likely N-dealkylation sites (N-methyl/N-ethyl adjacent to an activating group) is 1. The molecule has 2 amide bonds. The number of aryl methyl sites for hydroxylation is 1. The predicted molar refractivity (Wildman–Crippen MR) is 114 cm³/mol. The molecule has 0 aliphatic heterocycles. The number of thiophene rings is 1. The standard InChI is InChI=1S/C20H20BrFN4O2S/c1-26(19(27)12-23-20(28)17-7-8-18(21)29-17)9-3-6-15-11-16(25-24-15)13-4-2-5-14(22)10-13/h2,4-5,7-8,10-11H,3,6,9,12H2,1H3,(H,23,28)(H,24,25). The molecule has 1 aromatic carbocycles. The van der Waals surface area contributed by atoms with Gasteiger partial charge >= 0.3 is 0 Å². The van der Waals surface area contributed by atoms with Crippen molar-refractivity contribution in [3.63, 3.8) is 0 Å². The number of rotatable bonds is 8. The summed E-state index contributed by atoms with van der Waals surface area (Å²) in [5.41, 5.74) is 2.32. The van der Waals surface area contributed by atoms with Gasteiger partial charge in [-0.3, -0.25) is 14.7 Å². The molecule has 0 spiro atoms. The quantitative estimate of drug-likeness (QED) is 0.515. The molecule has 0 aliphatic carbocycles. The first-order chi connectivity index (χ1) is 13.9. The smallest absolute Gasteiger partial charge is 0.261 e. The van der Waals surface area contributed by atoms with E-state index >= 15 is 0 Å². The second-order valence-corrected chi connectivity index (χ2v) is 8.96. The number of aromatic amines is 1. The third-order valence-corrected chi connectivity index (χ3v) is 5.94. The van der Waals surface area contributed by atoms with Crippen molar-refractivity contribution in [1.82, 2.24) is 20.4 Å². The van der Waals surface area contributed by atoms with Crippen LogP contribution in [0.4, 0.5) is 4.39 Å². The fraction of sp³-hybridized carbons (Fsp3) is 0.250. The molecule has 9 heteroatoms. The average molecular weight is 479 g/mol. The Kier molecular flexibility index (Phi) is 7.16. The lowest BCUT2D eigenvalue weighted by molar-refractivity contribution is -0.128. The molecule has 0 fully saturated rings. The van der Waals surface area contributed by atoms with E-state index in [4.69, 9.17) is 0 Å². The number of hydrogen-bond donors (Lipinski definition) is 2. The first-order valence-electron chi connectivity index (χ1n) is 9.00. The van der Waals surface area contributed by atoms with E-state index in [1.165, 1.54) is 23.5 Å². The van der Waals surface area contributed by atoms with Crippen molar-refractivity contribution in [3.05, 3.63) is 62.6 Å². The minimum Gasteiger partial charge on any atom is -0.344 e. The van der Waals surface area contributed by atoms with Gasteiger partial charge in [0.25, 0.3) is 5.91 Å². The number of carbonyl (C=O) groups excluding carboxylic acids is 2. The summed E-state index contributed by atoms with van der Waals surface area (Å²) in [5, 5.41) is 9.81. The summed E-state index contributed by atoms with van der Waals surface area (Å²) in [6, 6.07) is 11.7. The maximum absolute atomic E-state index is 13.3. The molecule has 2 N–H and O–H groups in total. The van der Waals surface area contributed by atoms with Crippen LogP contribution >= 0.6 is 27.3 Å². The zero-order valence-corrected chi connectivity index (χ0v) is 18.1. The normalized spacial score (nSPS) is 10.7. The van der Waals surface area contributed by atoms with Crippen LogP contribution in [-0.4, -0.2) is 47.0 Å². The number of hydrogen-bond acceptors (Lipinski definition) is 4. The largest absolute Gasteiger partial charge is 0.344 e. The van der Waals surface area contributed by atoms with Crippen LogP contribution in [0.3, 0.4) is 0 Å². The number of nitrogens with one attached hydrogen (secondary N) is 2. The summed E-state index contributed by atoms with van der Waals surface area (Å²) in [6.45, 7) is 0.506. The first kappa shape index (κ1) is 21.2. The zero-order valence-electron chi connectivity index (χ0n) is 15.7. The molecular weight excluding hydrogens is 459 g/mol. The minimum absolute atomic E-state index is 0.0430. The summed E-state index contributed by atoms with van der Waals surface area (Å²) in [5.74, 6) is -0.713. The van der Waals surface area contributed by atoms with Crippen LogP contribution in [-0.2, 0) is 11.2 Å². The molecule has 0 atom stereocenters. The van der Waals surface area contributed by atoms with Crippen molar-refractivity contribution in [2.75, 3.05) is 20.1 Å². The SMILES string of the molecule is CN(CCCc1cc(-c2cccc(F)c2)n[nH]1)C(=O)CNC(=O)c1ccc(Br)s1. The fourth-order valence-corrected chi connectivity index (χ4v) is 4.03. The van der Waals surface area contributed by atoms with Crippen LogP contribution in [0.2, 0.25) is 0 Å². The number of halogens is 2. The molecule has 6 nitrogen and oxygen atoms in total. The summed E-state index contributed by atoms with van der Waals surface area (Å²) in [7, 11) is 1.71. The summed E-state index contributed by atoms with van der Waals surface area (Å²) < 4.78 is 14.2. The van der Waals surface area contributed by atoms with Crippen LogP contribution in [0.5, 0.6) is 0 Å². The van der Waals surface area contributed by atoms with Crippen LogP contribution in [0.1, 0.15) is 21.8 Å². The third-order valence-electron chi connectivity index (χ3n) is 4.31. The molecule has 3 aromatic rings. The van der Waals surface area contributed by atoms with Gasteiger partial charge in [0, 0.05) is 24.8 Å². The molecule has 29 heavy (non-hydrogen) atoms. The number of carbonyl (C=O) groups is 2. The molecule has 2 heterocycles. The zero-order chi connectivity index (χ0) is 20.8. The lowest BCUT2D eigenvalue weighted by Crippen LogP contribution is -2.38. The van der Waals surface area contributed by atoms with Crippen molar-refractivity contribution < 1.29 is 14.0 Å². The topological polar surface area (TPSA) is 78.1 Å². The van der Waals surface area contributed by atoms with E-state index in [1.54, 1.807) is 36.2 Å². The van der Waals surface area contributed by atoms with Crippen LogP contribution < -0.4 is 5.32 Å². The van der Waals surface area contributed by atoms with E-state index < -0.39 is 0 Å². The van der Waals surface area contributed by atoms with E-state index in [-0.39, 0.29) is 24.2 Å². The average Bonchev–Trinajstić information content (AvgIpc) is 3.35. The van der Waals surface area contributed by atoms with E-state index in [2.05, 4.69) is 31.4 Å². The molecule has 0 aliphatic rings. The van der Waals surface area contributed by atoms with E-state index in [0.29, 0.717) is 29.1 Å². The van der Waals surface area contributed by atoms with Crippen LogP contribution in [0.15, 0.2) is 46.3 Å². The Morgan fingerprint density at radius 3 is 2.83 bits per heavy atom. The minimum atomic E-state index is -0.300. The molecule has 0 radical (unpaired) electrons. The van der Waals surface area contributed by atoms with Gasteiger partial charge in [0.2, 0.25) is 5.91 Å². The number of H-pyrrole nitrogens is 1. The molecule has 0 unspecified atom stereocenters. The summed E-state index contributed by atoms with van der Waals surface area (Å²) >= 11 is 4.63. The molecular formula is C20H20BrFN4O2S. The van der Waals surface area contributed by atoms with Crippen molar-refractivity contribution in [1.29, 1.82) is 0 Å². The third kappa shape index (κ3) is 5.98. The number of nitrogens with zero attached hydrogens (tertiary/aromatic N) is 2. The van der Waals surface area contributed by atoms with Gasteiger partial charge < -0.3 is 10.2 Å². The highest BCUT2D eigenvalue weighted by Crippen LogP contribution is 2.22. The Morgan fingerprint density at radius 1 is 1.28 bits per heavy atom. The van der Waals surface area contributed by atoms with E-state index in [1.807, 2.05) is 6.07 Å². The van der Waals surface area contributed by atoms with Crippen molar-refractivity contribution in [3.8, 4) is 11.3 Å². The summed E-state index contributed by atoms with van der Waals surface area (Å²) in [4.78, 5) is 26.3. The van der Waals surface area contributed by atoms with Gasteiger partial charge in [-0.15, -0.1) is 11.3 Å². The van der Waals surface area contributed by atoms with Gasteiger partial charge in [-0.2, -0.15) is 5.10 Å². The molecule has 2 aromatic heterocycles. The fourth-order valence-electron chi connectivity index (χ4n) is 2.73. The Morgan fingerprint density at radius 2 is 2.10 bits per heavy atom. The Labute approximate surface area is 180 Å². The van der Waals surface area contributed by atoms with Gasteiger partial charge in [0.1, 0.15) is 5.82 Å². The number of aromatic nitrogens is 2. The van der Waals surface area contributed by atoms with Crippen molar-refractivity contribution in [2.45, 2.75) is 12.8 Å². The highest BCUT2D eigenvalue weighted by Gasteiger charge is 2.13. The second-order valence-electron chi connectivity index (χ2n) is 6.49. The Balaban J connectivity index is 1.42. The predicted octanol–water partition coefficient (Wildman–Crippen LogP) is 3.86. The van der Waals surface area contributed by atoms with E-state index in [0.717, 1.165) is 15.9 Å². The lowest BCUT2D eigenvalue weighted by atomic mass is 10.1. The van der Waals surface area contributed by atoms with Crippen LogP contribution in [0, 0.1) is 5.82 Å². The van der Waals surface area contributed by atoms with E-state index in [9.17, 15) is 14.0 Å². The monoisotopic (exact) mass is 478 g/mol. The lowest BCUT2D eigenvalue weighted by Gasteiger charge is -2.17.